The molecular weight excluding hydrogens is 440 g/mol. The summed E-state index contributed by atoms with van der Waals surface area (Å²) >= 11 is 0. The number of nitrogens with one attached hydrogen (secondary N) is 1. The summed E-state index contributed by atoms with van der Waals surface area (Å²) in [5.41, 5.74) is 3.63. The number of hydrogen-bond acceptors (Lipinski definition) is 5. The van der Waals surface area contributed by atoms with Crippen molar-refractivity contribution in [2.24, 2.45) is 0 Å². The summed E-state index contributed by atoms with van der Waals surface area (Å²) < 4.78 is 10.8. The van der Waals surface area contributed by atoms with Crippen LogP contribution in [-0.2, 0) is 16.0 Å². The number of hydrogen-bond donors (Lipinski definition) is 1. The number of ether oxygens (including phenoxy) is 2. The zero-order valence-corrected chi connectivity index (χ0v) is 21.5. The number of carbonyl (C=O) groups is 2. The van der Waals surface area contributed by atoms with Gasteiger partial charge in [-0.3, -0.25) is 4.79 Å². The lowest BCUT2D eigenvalue weighted by molar-refractivity contribution is -0.121. The maximum absolute atomic E-state index is 13.2. The zero-order valence-electron chi connectivity index (χ0n) is 21.5. The van der Waals surface area contributed by atoms with Gasteiger partial charge in [-0.15, -0.1) is 0 Å². The number of unbranched alkanes of at least 4 members (excludes halogenated alkanes) is 1. The zero-order chi connectivity index (χ0) is 25.0. The second-order valence-electron chi connectivity index (χ2n) is 9.03. The van der Waals surface area contributed by atoms with Gasteiger partial charge in [0.25, 0.3) is 0 Å². The van der Waals surface area contributed by atoms with Gasteiger partial charge in [-0.25, -0.2) is 4.79 Å². The molecule has 6 heteroatoms. The van der Waals surface area contributed by atoms with E-state index in [1.165, 1.54) is 30.5 Å². The van der Waals surface area contributed by atoms with E-state index in [0.717, 1.165) is 37.9 Å². The van der Waals surface area contributed by atoms with Crippen LogP contribution in [0, 0.1) is 0 Å². The van der Waals surface area contributed by atoms with Crippen LogP contribution in [0.3, 0.4) is 0 Å². The molecule has 2 aromatic carbocycles. The lowest BCUT2D eigenvalue weighted by Crippen LogP contribution is -2.34. The van der Waals surface area contributed by atoms with Gasteiger partial charge in [0, 0.05) is 18.8 Å². The molecule has 1 N–H and O–H groups in total. The number of carbonyl (C=O) groups excluding carboxylic acids is 2. The Morgan fingerprint density at radius 3 is 2.49 bits per heavy atom. The van der Waals surface area contributed by atoms with Gasteiger partial charge in [-0.1, -0.05) is 44.0 Å². The van der Waals surface area contributed by atoms with Crippen LogP contribution in [0.15, 0.2) is 42.5 Å². The predicted octanol–water partition coefficient (Wildman–Crippen LogP) is 5.84. The van der Waals surface area contributed by atoms with E-state index in [2.05, 4.69) is 41.4 Å². The molecule has 1 heterocycles. The van der Waals surface area contributed by atoms with Gasteiger partial charge in [-0.05, 0) is 68.9 Å². The molecule has 0 aliphatic carbocycles. The van der Waals surface area contributed by atoms with Gasteiger partial charge in [0.1, 0.15) is 11.3 Å². The monoisotopic (exact) mass is 480 g/mol. The predicted molar refractivity (Wildman–Crippen MR) is 140 cm³/mol. The number of rotatable bonds is 12. The van der Waals surface area contributed by atoms with Crippen LogP contribution in [0.4, 0.5) is 5.69 Å². The van der Waals surface area contributed by atoms with Crippen molar-refractivity contribution in [2.75, 3.05) is 31.2 Å². The maximum Gasteiger partial charge on any atom is 0.341 e. The van der Waals surface area contributed by atoms with Crippen LogP contribution in [0.1, 0.15) is 86.8 Å². The molecule has 35 heavy (non-hydrogen) atoms. The first-order chi connectivity index (χ1) is 17.1. The lowest BCUT2D eigenvalue weighted by atomic mass is 9.97. The molecule has 1 aliphatic heterocycles. The fourth-order valence-electron chi connectivity index (χ4n) is 4.68. The van der Waals surface area contributed by atoms with E-state index in [0.29, 0.717) is 24.5 Å². The summed E-state index contributed by atoms with van der Waals surface area (Å²) in [6, 6.07) is 13.7. The Balaban J connectivity index is 1.77. The molecule has 2 aromatic rings. The normalized spacial score (nSPS) is 14.3. The SMILES string of the molecule is CCCC[C@H](NC(=O)Cc1ccc(C(=O)OCC)c(OCC)c1)c1ccccc1N1CCCCC1. The standard InChI is InChI=1S/C29H40N2O4/c1-4-7-14-25(23-13-9-10-15-26(23)31-18-11-8-12-19-31)30-28(32)21-22-16-17-24(29(33)35-6-3)27(20-22)34-5-2/h9-10,13,15-17,20,25H,4-8,11-12,14,18-19,21H2,1-3H3,(H,30,32)/t25-/m0/s1. The van der Waals surface area contributed by atoms with Crippen molar-refractivity contribution in [3.05, 3.63) is 59.2 Å². The quantitative estimate of drug-likeness (QED) is 0.387. The summed E-state index contributed by atoms with van der Waals surface area (Å²) in [4.78, 5) is 27.9. The van der Waals surface area contributed by atoms with Gasteiger partial charge in [0.15, 0.2) is 0 Å². The molecule has 3 rings (SSSR count). The van der Waals surface area contributed by atoms with Crippen LogP contribution >= 0.6 is 0 Å². The number of amides is 1. The molecule has 0 spiro atoms. The molecule has 0 saturated carbocycles. The molecule has 6 nitrogen and oxygen atoms in total. The van der Waals surface area contributed by atoms with Crippen LogP contribution in [0.25, 0.3) is 0 Å². The number of esters is 1. The second kappa shape index (κ2) is 13.8. The van der Waals surface area contributed by atoms with Crippen molar-refractivity contribution in [1.82, 2.24) is 5.32 Å². The number of para-hydroxylation sites is 1. The molecule has 0 radical (unpaired) electrons. The minimum atomic E-state index is -0.416. The van der Waals surface area contributed by atoms with Gasteiger partial charge in [-0.2, -0.15) is 0 Å². The van der Waals surface area contributed by atoms with Gasteiger partial charge in [0.2, 0.25) is 5.91 Å². The highest BCUT2D eigenvalue weighted by atomic mass is 16.5. The number of nitrogens with zero attached hydrogens (tertiary/aromatic N) is 1. The molecule has 1 aliphatic rings. The van der Waals surface area contributed by atoms with Crippen molar-refractivity contribution in [1.29, 1.82) is 0 Å². The highest BCUT2D eigenvalue weighted by Crippen LogP contribution is 2.31. The Hall–Kier alpha value is -3.02. The first kappa shape index (κ1) is 26.6. The summed E-state index contributed by atoms with van der Waals surface area (Å²) in [5.74, 6) is 0.000937. The van der Waals surface area contributed by atoms with E-state index >= 15 is 0 Å². The number of benzene rings is 2. The summed E-state index contributed by atoms with van der Waals surface area (Å²) in [7, 11) is 0. The molecule has 1 fully saturated rings. The molecule has 0 aromatic heterocycles. The van der Waals surface area contributed by atoms with Crippen molar-refractivity contribution in [3.63, 3.8) is 0 Å². The smallest absolute Gasteiger partial charge is 0.341 e. The van der Waals surface area contributed by atoms with Crippen LogP contribution in [0.5, 0.6) is 5.75 Å². The Morgan fingerprint density at radius 2 is 1.77 bits per heavy atom. The lowest BCUT2D eigenvalue weighted by Gasteiger charge is -2.33. The summed E-state index contributed by atoms with van der Waals surface area (Å²) in [6.45, 7) is 8.68. The summed E-state index contributed by atoms with van der Waals surface area (Å²) in [6.07, 6.45) is 6.95. The molecule has 190 valence electrons. The van der Waals surface area contributed by atoms with E-state index in [-0.39, 0.29) is 18.4 Å². The Kier molecular flexibility index (Phi) is 10.5. The second-order valence-corrected chi connectivity index (χ2v) is 9.03. The maximum atomic E-state index is 13.2. The highest BCUT2D eigenvalue weighted by molar-refractivity contribution is 5.93. The third kappa shape index (κ3) is 7.48. The van der Waals surface area contributed by atoms with Crippen molar-refractivity contribution in [2.45, 2.75) is 71.8 Å². The van der Waals surface area contributed by atoms with Crippen LogP contribution in [0.2, 0.25) is 0 Å². The molecule has 1 amide bonds. The molecule has 0 bridgehead atoms. The Bertz CT molecular complexity index is 969. The largest absolute Gasteiger partial charge is 0.493 e. The highest BCUT2D eigenvalue weighted by Gasteiger charge is 2.22. The number of piperidine rings is 1. The third-order valence-corrected chi connectivity index (χ3v) is 6.40. The van der Waals surface area contributed by atoms with Crippen LogP contribution in [-0.4, -0.2) is 38.2 Å². The molecule has 0 unspecified atom stereocenters. The van der Waals surface area contributed by atoms with E-state index in [1.54, 1.807) is 25.1 Å². The van der Waals surface area contributed by atoms with E-state index in [9.17, 15) is 9.59 Å². The Morgan fingerprint density at radius 1 is 1.00 bits per heavy atom. The van der Waals surface area contributed by atoms with Crippen molar-refractivity contribution >= 4 is 17.6 Å². The summed E-state index contributed by atoms with van der Waals surface area (Å²) in [5, 5.41) is 3.31. The third-order valence-electron chi connectivity index (χ3n) is 6.40. The van der Waals surface area contributed by atoms with Gasteiger partial charge >= 0.3 is 5.97 Å². The Labute approximate surface area is 210 Å². The molecule has 1 atom stereocenters. The average Bonchev–Trinajstić information content (AvgIpc) is 2.87. The molecule has 1 saturated heterocycles. The fourth-order valence-corrected chi connectivity index (χ4v) is 4.68. The van der Waals surface area contributed by atoms with E-state index in [4.69, 9.17) is 9.47 Å². The van der Waals surface area contributed by atoms with Crippen molar-refractivity contribution in [3.8, 4) is 5.75 Å². The van der Waals surface area contributed by atoms with Gasteiger partial charge < -0.3 is 19.7 Å². The van der Waals surface area contributed by atoms with Gasteiger partial charge in [0.05, 0.1) is 25.7 Å². The molecular formula is C29H40N2O4. The first-order valence-corrected chi connectivity index (χ1v) is 13.1. The minimum Gasteiger partial charge on any atom is -0.493 e. The fraction of sp³-hybridized carbons (Fsp3) is 0.517. The van der Waals surface area contributed by atoms with E-state index in [1.807, 2.05) is 6.92 Å². The average molecular weight is 481 g/mol. The first-order valence-electron chi connectivity index (χ1n) is 13.1. The van der Waals surface area contributed by atoms with E-state index < -0.39 is 5.97 Å². The minimum absolute atomic E-state index is 0.0362. The number of anilines is 1. The van der Waals surface area contributed by atoms with Crippen molar-refractivity contribution < 1.29 is 19.1 Å². The van der Waals surface area contributed by atoms with Crippen LogP contribution < -0.4 is 15.0 Å². The topological polar surface area (TPSA) is 67.9 Å².